The molecule has 1 aromatic heterocycles. The number of halogens is 1. The molecule has 6 nitrogen and oxygen atoms in total. The Kier molecular flexibility index (Phi) is 12.0. The summed E-state index contributed by atoms with van der Waals surface area (Å²) in [5.74, 6) is 1.78. The van der Waals surface area contributed by atoms with Crippen LogP contribution in [0.4, 0.5) is 0 Å². The van der Waals surface area contributed by atoms with Gasteiger partial charge in [-0.1, -0.05) is 19.9 Å². The first kappa shape index (κ1) is 25.8. The van der Waals surface area contributed by atoms with Crippen molar-refractivity contribution in [1.29, 1.82) is 0 Å². The van der Waals surface area contributed by atoms with Crippen molar-refractivity contribution < 1.29 is 0 Å². The first-order valence-corrected chi connectivity index (χ1v) is 12.2. The highest BCUT2D eigenvalue weighted by Gasteiger charge is 2.25. The third-order valence-corrected chi connectivity index (χ3v) is 7.42. The second-order valence-electron chi connectivity index (χ2n) is 8.41. The van der Waals surface area contributed by atoms with Crippen molar-refractivity contribution in [2.45, 2.75) is 32.7 Å². The van der Waals surface area contributed by atoms with Crippen molar-refractivity contribution >= 4 is 41.3 Å². The van der Waals surface area contributed by atoms with E-state index < -0.39 is 0 Å². The lowest BCUT2D eigenvalue weighted by Crippen LogP contribution is -2.49. The van der Waals surface area contributed by atoms with Gasteiger partial charge in [0.05, 0.1) is 6.04 Å². The predicted molar refractivity (Wildman–Crippen MR) is 140 cm³/mol. The van der Waals surface area contributed by atoms with Crippen LogP contribution in [0.15, 0.2) is 22.5 Å². The van der Waals surface area contributed by atoms with Crippen LogP contribution in [0.25, 0.3) is 0 Å². The molecule has 172 valence electrons. The molecule has 2 aliphatic rings. The number of piperazine rings is 1. The van der Waals surface area contributed by atoms with Gasteiger partial charge in [0, 0.05) is 57.7 Å². The van der Waals surface area contributed by atoms with Crippen molar-refractivity contribution in [1.82, 2.24) is 25.3 Å². The van der Waals surface area contributed by atoms with Gasteiger partial charge in [0.2, 0.25) is 0 Å². The number of guanidine groups is 1. The third-order valence-electron chi connectivity index (χ3n) is 6.45. The smallest absolute Gasteiger partial charge is 0.191 e. The number of hydrogen-bond donors (Lipinski definition) is 2. The van der Waals surface area contributed by atoms with Crippen molar-refractivity contribution in [3.05, 3.63) is 22.4 Å². The molecule has 3 rings (SSSR count). The zero-order valence-electron chi connectivity index (χ0n) is 19.0. The topological polar surface area (TPSA) is 46.1 Å². The number of nitrogens with zero attached hydrogens (tertiary/aromatic N) is 4. The van der Waals surface area contributed by atoms with Crippen LogP contribution in [0.1, 0.15) is 37.6 Å². The third kappa shape index (κ3) is 7.93. The molecule has 0 amide bonds. The van der Waals surface area contributed by atoms with Gasteiger partial charge in [-0.25, -0.2) is 0 Å². The number of rotatable bonds is 8. The highest BCUT2D eigenvalue weighted by molar-refractivity contribution is 14.0. The van der Waals surface area contributed by atoms with Crippen LogP contribution in [0.3, 0.4) is 0 Å². The van der Waals surface area contributed by atoms with Crippen LogP contribution in [-0.4, -0.2) is 93.2 Å². The Hall–Kier alpha value is -0.420. The summed E-state index contributed by atoms with van der Waals surface area (Å²) in [6.07, 6.45) is 2.61. The normalized spacial score (nSPS) is 21.2. The minimum Gasteiger partial charge on any atom is -0.355 e. The van der Waals surface area contributed by atoms with Crippen molar-refractivity contribution in [2.24, 2.45) is 10.9 Å². The number of hydrogen-bond acceptors (Lipinski definition) is 5. The quantitative estimate of drug-likeness (QED) is 0.297. The fourth-order valence-electron chi connectivity index (χ4n) is 4.31. The zero-order chi connectivity index (χ0) is 20.5. The summed E-state index contributed by atoms with van der Waals surface area (Å²) in [4.78, 5) is 13.6. The van der Waals surface area contributed by atoms with Crippen LogP contribution in [-0.2, 0) is 0 Å². The summed E-state index contributed by atoms with van der Waals surface area (Å²) < 4.78 is 0. The van der Waals surface area contributed by atoms with Crippen LogP contribution >= 0.6 is 35.3 Å². The van der Waals surface area contributed by atoms with Gasteiger partial charge in [-0.15, -0.1) is 35.3 Å². The van der Waals surface area contributed by atoms with E-state index in [1.54, 1.807) is 0 Å². The number of nitrogens with one attached hydrogen (secondary N) is 2. The van der Waals surface area contributed by atoms with E-state index in [0.717, 1.165) is 31.5 Å². The van der Waals surface area contributed by atoms with Crippen LogP contribution in [0.2, 0.25) is 0 Å². The van der Waals surface area contributed by atoms with E-state index in [4.69, 9.17) is 0 Å². The molecule has 2 N–H and O–H groups in total. The Morgan fingerprint density at radius 3 is 2.43 bits per heavy atom. The number of likely N-dealkylation sites (N-methyl/N-ethyl adjacent to an activating group) is 1. The van der Waals surface area contributed by atoms with Gasteiger partial charge >= 0.3 is 0 Å². The molecular formula is C22H41IN6S. The Morgan fingerprint density at radius 1 is 1.13 bits per heavy atom. The van der Waals surface area contributed by atoms with E-state index in [1.807, 2.05) is 18.4 Å². The average Bonchev–Trinajstić information content (AvgIpc) is 3.29. The van der Waals surface area contributed by atoms with Gasteiger partial charge < -0.3 is 15.5 Å². The lowest BCUT2D eigenvalue weighted by Gasteiger charge is -2.36. The van der Waals surface area contributed by atoms with Crippen LogP contribution < -0.4 is 10.6 Å². The second-order valence-corrected chi connectivity index (χ2v) is 9.38. The fraction of sp³-hybridized carbons (Fsp3) is 0.773. The highest BCUT2D eigenvalue weighted by atomic mass is 127. The fourth-order valence-corrected chi connectivity index (χ4v) is 5.17. The van der Waals surface area contributed by atoms with Gasteiger partial charge in [-0.3, -0.25) is 14.8 Å². The average molecular weight is 549 g/mol. The molecule has 1 unspecified atom stereocenters. The molecule has 1 atom stereocenters. The minimum atomic E-state index is 0. The largest absolute Gasteiger partial charge is 0.355 e. The van der Waals surface area contributed by atoms with Gasteiger partial charge in [-0.2, -0.15) is 0 Å². The number of aliphatic imine (C=N–C) groups is 1. The molecule has 30 heavy (non-hydrogen) atoms. The SMILES string of the molecule is CCN1CCN(CCNC(=NC)NCC(c2cccs2)N2CCC(C)CC2)CC1.I. The lowest BCUT2D eigenvalue weighted by atomic mass is 9.97. The van der Waals surface area contributed by atoms with E-state index in [1.165, 1.54) is 63.5 Å². The molecule has 0 radical (unpaired) electrons. The van der Waals surface area contributed by atoms with E-state index in [9.17, 15) is 0 Å². The van der Waals surface area contributed by atoms with Gasteiger partial charge in [0.25, 0.3) is 0 Å². The number of likely N-dealkylation sites (tertiary alicyclic amines) is 1. The second kappa shape index (κ2) is 13.9. The molecule has 1 aromatic rings. The van der Waals surface area contributed by atoms with Gasteiger partial charge in [0.15, 0.2) is 5.96 Å². The molecular weight excluding hydrogens is 507 g/mol. The monoisotopic (exact) mass is 548 g/mol. The Bertz CT molecular complexity index is 595. The molecule has 8 heteroatoms. The predicted octanol–water partition coefficient (Wildman–Crippen LogP) is 2.94. The molecule has 0 spiro atoms. The van der Waals surface area contributed by atoms with E-state index in [2.05, 4.69) is 61.7 Å². The van der Waals surface area contributed by atoms with E-state index in [-0.39, 0.29) is 24.0 Å². The van der Waals surface area contributed by atoms with Crippen molar-refractivity contribution in [3.8, 4) is 0 Å². The van der Waals surface area contributed by atoms with E-state index in [0.29, 0.717) is 6.04 Å². The lowest BCUT2D eigenvalue weighted by molar-refractivity contribution is 0.138. The molecule has 2 fully saturated rings. The molecule has 3 heterocycles. The molecule has 0 aromatic carbocycles. The van der Waals surface area contributed by atoms with E-state index >= 15 is 0 Å². The molecule has 2 saturated heterocycles. The standard InChI is InChI=1S/C22H40N6S.HI/c1-4-26-13-15-27(16-14-26)12-9-24-22(23-3)25-18-20(21-6-5-17-29-21)28-10-7-19(2)8-11-28;/h5-6,17,19-20H,4,7-16,18H2,1-3H3,(H2,23,24,25);1H. The van der Waals surface area contributed by atoms with Crippen LogP contribution in [0.5, 0.6) is 0 Å². The maximum absolute atomic E-state index is 4.46. The minimum absolute atomic E-state index is 0. The maximum atomic E-state index is 4.46. The first-order chi connectivity index (χ1) is 14.2. The summed E-state index contributed by atoms with van der Waals surface area (Å²) in [5, 5.41) is 9.31. The summed E-state index contributed by atoms with van der Waals surface area (Å²) in [7, 11) is 1.87. The Morgan fingerprint density at radius 2 is 1.83 bits per heavy atom. The molecule has 0 bridgehead atoms. The number of piperidine rings is 1. The Labute approximate surface area is 204 Å². The summed E-state index contributed by atoms with van der Waals surface area (Å²) >= 11 is 1.87. The van der Waals surface area contributed by atoms with Crippen molar-refractivity contribution in [2.75, 3.05) is 72.5 Å². The highest BCUT2D eigenvalue weighted by Crippen LogP contribution is 2.29. The van der Waals surface area contributed by atoms with Gasteiger partial charge in [0.1, 0.15) is 0 Å². The molecule has 0 saturated carbocycles. The summed E-state index contributed by atoms with van der Waals surface area (Å²) in [6.45, 7) is 15.9. The molecule has 0 aliphatic carbocycles. The van der Waals surface area contributed by atoms with Crippen molar-refractivity contribution in [3.63, 3.8) is 0 Å². The summed E-state index contributed by atoms with van der Waals surface area (Å²) in [5.41, 5.74) is 0. The maximum Gasteiger partial charge on any atom is 0.191 e. The first-order valence-electron chi connectivity index (χ1n) is 11.4. The summed E-state index contributed by atoms with van der Waals surface area (Å²) in [6, 6.07) is 4.88. The Balaban J connectivity index is 0.00000320. The molecule has 2 aliphatic heterocycles. The van der Waals surface area contributed by atoms with Gasteiger partial charge in [-0.05, 0) is 49.8 Å². The van der Waals surface area contributed by atoms with Crippen LogP contribution in [0, 0.1) is 5.92 Å². The number of thiophene rings is 1. The zero-order valence-corrected chi connectivity index (χ0v) is 22.1.